The first kappa shape index (κ1) is 9.98. The number of aliphatic carboxylic acids is 1. The van der Waals surface area contributed by atoms with Gasteiger partial charge in [-0.1, -0.05) is 19.3 Å². The first-order valence-corrected chi connectivity index (χ1v) is 6.02. The van der Waals surface area contributed by atoms with Gasteiger partial charge in [-0.2, -0.15) is 0 Å². The maximum absolute atomic E-state index is 10.2. The zero-order valence-electron chi connectivity index (χ0n) is 7.38. The van der Waals surface area contributed by atoms with Crippen LogP contribution in [0.3, 0.4) is 0 Å². The Bertz CT molecular complexity index is 141. The predicted molar refractivity (Wildman–Crippen MR) is 52.3 cm³/mol. The fourth-order valence-corrected chi connectivity index (χ4v) is 3.27. The number of hydrogen-bond donors (Lipinski definition) is 1. The molecule has 0 heterocycles. The molecule has 1 N–H and O–H groups in total. The van der Waals surface area contributed by atoms with Gasteiger partial charge in [0.15, 0.2) is 0 Å². The van der Waals surface area contributed by atoms with E-state index in [1.807, 2.05) is 0 Å². The highest BCUT2D eigenvalue weighted by molar-refractivity contribution is 7.38. The molecule has 1 aliphatic rings. The van der Waals surface area contributed by atoms with Crippen LogP contribution in [0, 0.1) is 0 Å². The molecule has 0 spiro atoms. The summed E-state index contributed by atoms with van der Waals surface area (Å²) < 4.78 is 0. The highest BCUT2D eigenvalue weighted by Gasteiger charge is 2.12. The van der Waals surface area contributed by atoms with Gasteiger partial charge in [0.2, 0.25) is 0 Å². The average molecular weight is 188 g/mol. The lowest BCUT2D eigenvalue weighted by Crippen LogP contribution is -2.08. The van der Waals surface area contributed by atoms with Crippen LogP contribution in [0.4, 0.5) is 0 Å². The Labute approximate surface area is 75.5 Å². The lowest BCUT2D eigenvalue weighted by molar-refractivity contribution is -0.136. The van der Waals surface area contributed by atoms with Crippen molar-refractivity contribution in [3.63, 3.8) is 0 Å². The van der Waals surface area contributed by atoms with Crippen LogP contribution < -0.4 is 0 Å². The van der Waals surface area contributed by atoms with Crippen molar-refractivity contribution >= 4 is 14.6 Å². The SMILES string of the molecule is O=C(O)CCPC1CCCCC1. The minimum Gasteiger partial charge on any atom is -0.481 e. The molecule has 1 fully saturated rings. The standard InChI is InChI=1S/C9H17O2P/c10-9(11)6-7-12-8-4-2-1-3-5-8/h8,12H,1-7H2,(H,10,11). The molecule has 12 heavy (non-hydrogen) atoms. The lowest BCUT2D eigenvalue weighted by atomic mass is 10.0. The molecule has 1 unspecified atom stereocenters. The second-order valence-electron chi connectivity index (χ2n) is 3.43. The smallest absolute Gasteiger partial charge is 0.303 e. The molecule has 0 radical (unpaired) electrons. The molecular formula is C9H17O2P. The average Bonchev–Trinajstić information content (AvgIpc) is 2.05. The first-order valence-electron chi connectivity index (χ1n) is 4.74. The quantitative estimate of drug-likeness (QED) is 0.688. The molecule has 0 saturated heterocycles. The van der Waals surface area contributed by atoms with Gasteiger partial charge < -0.3 is 5.11 Å². The van der Waals surface area contributed by atoms with Gasteiger partial charge in [0, 0.05) is 6.42 Å². The molecule has 0 aliphatic heterocycles. The molecular weight excluding hydrogens is 171 g/mol. The highest BCUT2D eigenvalue weighted by atomic mass is 31.1. The van der Waals surface area contributed by atoms with Crippen molar-refractivity contribution in [2.24, 2.45) is 0 Å². The number of rotatable bonds is 4. The normalized spacial score (nSPS) is 20.3. The molecule has 1 atom stereocenters. The summed E-state index contributed by atoms with van der Waals surface area (Å²) in [5, 5.41) is 8.45. The fourth-order valence-electron chi connectivity index (χ4n) is 1.69. The number of carboxylic acids is 1. The molecule has 0 aromatic heterocycles. The summed E-state index contributed by atoms with van der Waals surface area (Å²) in [7, 11) is 0.893. The Morgan fingerprint density at radius 2 is 2.00 bits per heavy atom. The van der Waals surface area contributed by atoms with Crippen molar-refractivity contribution in [2.75, 3.05) is 6.16 Å². The molecule has 3 heteroatoms. The number of carbonyl (C=O) groups is 1. The van der Waals surface area contributed by atoms with Crippen LogP contribution in [0.5, 0.6) is 0 Å². The number of carboxylic acid groups (broad SMARTS) is 1. The summed E-state index contributed by atoms with van der Waals surface area (Å²) >= 11 is 0. The minimum atomic E-state index is -0.640. The molecule has 2 nitrogen and oxygen atoms in total. The van der Waals surface area contributed by atoms with Gasteiger partial charge >= 0.3 is 5.97 Å². The van der Waals surface area contributed by atoms with Gasteiger partial charge in [-0.05, 0) is 24.7 Å². The van der Waals surface area contributed by atoms with E-state index >= 15 is 0 Å². The van der Waals surface area contributed by atoms with E-state index in [1.54, 1.807) is 0 Å². The topological polar surface area (TPSA) is 37.3 Å². The zero-order valence-corrected chi connectivity index (χ0v) is 8.38. The second kappa shape index (κ2) is 5.53. The third kappa shape index (κ3) is 4.06. The maximum Gasteiger partial charge on any atom is 0.303 e. The lowest BCUT2D eigenvalue weighted by Gasteiger charge is -2.20. The van der Waals surface area contributed by atoms with E-state index in [1.165, 1.54) is 32.1 Å². The maximum atomic E-state index is 10.2. The van der Waals surface area contributed by atoms with E-state index in [4.69, 9.17) is 5.11 Å². The molecule has 1 aliphatic carbocycles. The van der Waals surface area contributed by atoms with E-state index in [9.17, 15) is 4.79 Å². The van der Waals surface area contributed by atoms with Crippen molar-refractivity contribution < 1.29 is 9.90 Å². The summed E-state index contributed by atoms with van der Waals surface area (Å²) in [6.45, 7) is 0. The predicted octanol–water partition coefficient (Wildman–Crippen LogP) is 2.47. The van der Waals surface area contributed by atoms with E-state index in [2.05, 4.69) is 0 Å². The molecule has 70 valence electrons. The van der Waals surface area contributed by atoms with Crippen molar-refractivity contribution in [1.82, 2.24) is 0 Å². The van der Waals surface area contributed by atoms with Gasteiger partial charge in [0.1, 0.15) is 0 Å². The Hall–Kier alpha value is -0.100. The van der Waals surface area contributed by atoms with Crippen LogP contribution in [-0.2, 0) is 4.79 Å². The highest BCUT2D eigenvalue weighted by Crippen LogP contribution is 2.32. The minimum absolute atomic E-state index is 0.370. The monoisotopic (exact) mass is 188 g/mol. The van der Waals surface area contributed by atoms with Crippen molar-refractivity contribution in [2.45, 2.75) is 44.2 Å². The first-order chi connectivity index (χ1) is 5.79. The van der Waals surface area contributed by atoms with E-state index < -0.39 is 5.97 Å². The van der Waals surface area contributed by atoms with Crippen LogP contribution in [-0.4, -0.2) is 22.9 Å². The Balaban J connectivity index is 2.01. The molecule has 0 aromatic rings. The van der Waals surface area contributed by atoms with Gasteiger partial charge in [0.05, 0.1) is 0 Å². The molecule has 0 bridgehead atoms. The Kier molecular flexibility index (Phi) is 4.60. The van der Waals surface area contributed by atoms with Crippen molar-refractivity contribution in [3.05, 3.63) is 0 Å². The van der Waals surface area contributed by atoms with E-state index in [0.29, 0.717) is 6.42 Å². The summed E-state index contributed by atoms with van der Waals surface area (Å²) in [6, 6.07) is 0. The van der Waals surface area contributed by atoms with Crippen molar-refractivity contribution in [1.29, 1.82) is 0 Å². The molecule has 1 rings (SSSR count). The summed E-state index contributed by atoms with van der Waals surface area (Å²) in [4.78, 5) is 10.2. The van der Waals surface area contributed by atoms with Crippen molar-refractivity contribution in [3.8, 4) is 0 Å². The van der Waals surface area contributed by atoms with Crippen LogP contribution >= 0.6 is 8.58 Å². The molecule has 0 aromatic carbocycles. The summed E-state index contributed by atoms with van der Waals surface area (Å²) in [6.07, 6.45) is 8.08. The third-order valence-corrected chi connectivity index (χ3v) is 4.07. The van der Waals surface area contributed by atoms with Crippen LogP contribution in [0.25, 0.3) is 0 Å². The van der Waals surface area contributed by atoms with Gasteiger partial charge in [-0.3, -0.25) is 4.79 Å². The van der Waals surface area contributed by atoms with E-state index in [-0.39, 0.29) is 0 Å². The van der Waals surface area contributed by atoms with Gasteiger partial charge in [0.25, 0.3) is 0 Å². The Morgan fingerprint density at radius 3 is 2.58 bits per heavy atom. The summed E-state index contributed by atoms with van der Waals surface area (Å²) in [5.74, 6) is -0.640. The van der Waals surface area contributed by atoms with Gasteiger partial charge in [-0.25, -0.2) is 0 Å². The Morgan fingerprint density at radius 1 is 1.33 bits per heavy atom. The zero-order chi connectivity index (χ0) is 8.81. The fraction of sp³-hybridized carbons (Fsp3) is 0.889. The third-order valence-electron chi connectivity index (χ3n) is 2.38. The van der Waals surface area contributed by atoms with Gasteiger partial charge in [-0.15, -0.1) is 8.58 Å². The van der Waals surface area contributed by atoms with Crippen LogP contribution in [0.15, 0.2) is 0 Å². The van der Waals surface area contributed by atoms with Crippen LogP contribution in [0.1, 0.15) is 38.5 Å². The van der Waals surface area contributed by atoms with Crippen LogP contribution in [0.2, 0.25) is 0 Å². The number of hydrogen-bond acceptors (Lipinski definition) is 1. The molecule has 0 amide bonds. The second-order valence-corrected chi connectivity index (χ2v) is 5.16. The van der Waals surface area contributed by atoms with E-state index in [0.717, 1.165) is 20.4 Å². The molecule has 1 saturated carbocycles. The largest absolute Gasteiger partial charge is 0.481 e. The summed E-state index contributed by atoms with van der Waals surface area (Å²) in [5.41, 5.74) is 0.859.